The van der Waals surface area contributed by atoms with Gasteiger partial charge in [0.2, 0.25) is 0 Å². The molecule has 1 amide bonds. The van der Waals surface area contributed by atoms with E-state index in [-0.39, 0.29) is 11.9 Å². The first-order valence-corrected chi connectivity index (χ1v) is 5.82. The lowest BCUT2D eigenvalue weighted by atomic mass is 10.1. The molecule has 0 bridgehead atoms. The van der Waals surface area contributed by atoms with Crippen LogP contribution in [0.15, 0.2) is 0 Å². The molecule has 1 aliphatic heterocycles. The van der Waals surface area contributed by atoms with Gasteiger partial charge in [0.25, 0.3) is 0 Å². The van der Waals surface area contributed by atoms with Crippen LogP contribution >= 0.6 is 11.6 Å². The van der Waals surface area contributed by atoms with Crippen LogP contribution in [0.1, 0.15) is 33.6 Å². The van der Waals surface area contributed by atoms with Gasteiger partial charge < -0.3 is 9.64 Å². The number of carbonyl (C=O) groups is 2. The highest BCUT2D eigenvalue weighted by Crippen LogP contribution is 2.22. The molecule has 0 aromatic heterocycles. The van der Waals surface area contributed by atoms with Crippen molar-refractivity contribution in [2.24, 2.45) is 5.92 Å². The lowest BCUT2D eigenvalue weighted by Crippen LogP contribution is -2.27. The van der Waals surface area contributed by atoms with E-state index in [2.05, 4.69) is 0 Å². The van der Waals surface area contributed by atoms with Gasteiger partial charge in [-0.05, 0) is 44.7 Å². The molecule has 0 spiro atoms. The van der Waals surface area contributed by atoms with E-state index in [4.69, 9.17) is 16.3 Å². The number of amides is 1. The lowest BCUT2D eigenvalue weighted by Gasteiger charge is -2.20. The van der Waals surface area contributed by atoms with Crippen molar-refractivity contribution in [2.45, 2.75) is 39.2 Å². The number of ether oxygens (including phenoxy) is 1. The van der Waals surface area contributed by atoms with E-state index < -0.39 is 11.0 Å². The SMILES string of the molecule is CC(C)(C)OC(=O)CC1CCN(C(=O)Cl)C1. The van der Waals surface area contributed by atoms with Crippen molar-refractivity contribution in [1.29, 1.82) is 0 Å². The summed E-state index contributed by atoms with van der Waals surface area (Å²) in [5.74, 6) is -0.0288. The highest BCUT2D eigenvalue weighted by molar-refractivity contribution is 6.62. The Balaban J connectivity index is 2.34. The van der Waals surface area contributed by atoms with E-state index >= 15 is 0 Å². The van der Waals surface area contributed by atoms with E-state index in [9.17, 15) is 9.59 Å². The van der Waals surface area contributed by atoms with Gasteiger partial charge in [-0.25, -0.2) is 0 Å². The Hall–Kier alpha value is -0.770. The molecule has 0 N–H and O–H groups in total. The molecule has 0 aromatic rings. The number of likely N-dealkylation sites (tertiary alicyclic amines) is 1. The van der Waals surface area contributed by atoms with E-state index in [1.165, 1.54) is 0 Å². The second kappa shape index (κ2) is 5.04. The summed E-state index contributed by atoms with van der Waals surface area (Å²) in [7, 11) is 0. The van der Waals surface area contributed by atoms with Crippen molar-refractivity contribution in [2.75, 3.05) is 13.1 Å². The minimum atomic E-state index is -0.447. The predicted octanol–water partition coefficient (Wildman–Crippen LogP) is 2.40. The Morgan fingerprint density at radius 1 is 1.44 bits per heavy atom. The molecule has 5 heteroatoms. The van der Waals surface area contributed by atoms with Crippen LogP contribution in [-0.2, 0) is 9.53 Å². The van der Waals surface area contributed by atoms with E-state index in [0.29, 0.717) is 19.5 Å². The van der Waals surface area contributed by atoms with Crippen molar-refractivity contribution < 1.29 is 14.3 Å². The number of halogens is 1. The molecule has 0 radical (unpaired) electrons. The second-order valence-electron chi connectivity index (χ2n) is 5.14. The van der Waals surface area contributed by atoms with Crippen LogP contribution < -0.4 is 0 Å². The number of hydrogen-bond donors (Lipinski definition) is 0. The van der Waals surface area contributed by atoms with Crippen LogP contribution in [0.5, 0.6) is 0 Å². The standard InChI is InChI=1S/C11H18ClNO3/c1-11(2,3)16-9(14)6-8-4-5-13(7-8)10(12)15/h8H,4-7H2,1-3H3. The van der Waals surface area contributed by atoms with Crippen LogP contribution in [-0.4, -0.2) is 34.9 Å². The Labute approximate surface area is 101 Å². The average Bonchev–Trinajstić information content (AvgIpc) is 2.48. The fraction of sp³-hybridized carbons (Fsp3) is 0.818. The van der Waals surface area contributed by atoms with Crippen LogP contribution in [0.25, 0.3) is 0 Å². The number of esters is 1. The van der Waals surface area contributed by atoms with Crippen molar-refractivity contribution in [3.63, 3.8) is 0 Å². The Morgan fingerprint density at radius 2 is 2.06 bits per heavy atom. The van der Waals surface area contributed by atoms with Crippen LogP contribution in [0.2, 0.25) is 0 Å². The highest BCUT2D eigenvalue weighted by Gasteiger charge is 2.28. The first kappa shape index (κ1) is 13.3. The lowest BCUT2D eigenvalue weighted by molar-refractivity contribution is -0.155. The van der Waals surface area contributed by atoms with Gasteiger partial charge in [-0.1, -0.05) is 0 Å². The summed E-state index contributed by atoms with van der Waals surface area (Å²) < 4.78 is 5.22. The molecule has 1 fully saturated rings. The Kier molecular flexibility index (Phi) is 4.19. The van der Waals surface area contributed by atoms with E-state index in [1.807, 2.05) is 20.8 Å². The molecule has 0 aliphatic carbocycles. The molecule has 4 nitrogen and oxygen atoms in total. The van der Waals surface area contributed by atoms with Gasteiger partial charge in [0.15, 0.2) is 0 Å². The zero-order chi connectivity index (χ0) is 12.3. The molecule has 1 saturated heterocycles. The van der Waals surface area contributed by atoms with Crippen molar-refractivity contribution >= 4 is 22.9 Å². The highest BCUT2D eigenvalue weighted by atomic mass is 35.5. The Bertz CT molecular complexity index is 285. The summed E-state index contributed by atoms with van der Waals surface area (Å²) in [6, 6.07) is 0. The summed E-state index contributed by atoms with van der Waals surface area (Å²) in [6.45, 7) is 6.72. The molecule has 0 saturated carbocycles. The summed E-state index contributed by atoms with van der Waals surface area (Å²) in [4.78, 5) is 24.0. The van der Waals surface area contributed by atoms with Gasteiger partial charge in [-0.2, -0.15) is 0 Å². The Morgan fingerprint density at radius 3 is 2.50 bits per heavy atom. The monoisotopic (exact) mass is 247 g/mol. The zero-order valence-corrected chi connectivity index (χ0v) is 10.7. The van der Waals surface area contributed by atoms with Crippen molar-refractivity contribution in [3.8, 4) is 0 Å². The summed E-state index contributed by atoms with van der Waals surface area (Å²) >= 11 is 5.36. The van der Waals surface area contributed by atoms with Gasteiger partial charge in [0, 0.05) is 13.1 Å². The minimum Gasteiger partial charge on any atom is -0.460 e. The number of rotatable bonds is 2. The van der Waals surface area contributed by atoms with Crippen LogP contribution in [0.3, 0.4) is 0 Å². The molecule has 1 unspecified atom stereocenters. The van der Waals surface area contributed by atoms with Crippen LogP contribution in [0.4, 0.5) is 4.79 Å². The molecular formula is C11H18ClNO3. The molecule has 1 heterocycles. The molecule has 1 atom stereocenters. The van der Waals surface area contributed by atoms with E-state index in [1.54, 1.807) is 4.90 Å². The maximum atomic E-state index is 11.5. The zero-order valence-electron chi connectivity index (χ0n) is 9.96. The third-order valence-electron chi connectivity index (χ3n) is 2.41. The third-order valence-corrected chi connectivity index (χ3v) is 2.65. The second-order valence-corrected chi connectivity index (χ2v) is 5.47. The molecule has 92 valence electrons. The molecule has 0 aromatic carbocycles. The van der Waals surface area contributed by atoms with E-state index in [0.717, 1.165) is 6.42 Å². The van der Waals surface area contributed by atoms with Crippen molar-refractivity contribution in [3.05, 3.63) is 0 Å². The van der Waals surface area contributed by atoms with Crippen molar-refractivity contribution in [1.82, 2.24) is 4.90 Å². The normalized spacial score (nSPS) is 21.0. The van der Waals surface area contributed by atoms with Gasteiger partial charge >= 0.3 is 11.3 Å². The smallest absolute Gasteiger partial charge is 0.316 e. The predicted molar refractivity (Wildman–Crippen MR) is 61.4 cm³/mol. The van der Waals surface area contributed by atoms with Gasteiger partial charge in [-0.15, -0.1) is 0 Å². The number of carbonyl (C=O) groups excluding carboxylic acids is 2. The van der Waals surface area contributed by atoms with Gasteiger partial charge in [0.1, 0.15) is 5.60 Å². The summed E-state index contributed by atoms with van der Waals surface area (Å²) in [5, 5.41) is -0.438. The first-order valence-electron chi connectivity index (χ1n) is 5.44. The molecular weight excluding hydrogens is 230 g/mol. The topological polar surface area (TPSA) is 46.6 Å². The number of hydrogen-bond acceptors (Lipinski definition) is 3. The fourth-order valence-corrected chi connectivity index (χ4v) is 1.93. The largest absolute Gasteiger partial charge is 0.460 e. The molecule has 16 heavy (non-hydrogen) atoms. The molecule has 1 rings (SSSR count). The first-order chi connectivity index (χ1) is 7.28. The maximum Gasteiger partial charge on any atom is 0.316 e. The quantitative estimate of drug-likeness (QED) is 0.428. The summed E-state index contributed by atoms with van der Waals surface area (Å²) in [6.07, 6.45) is 1.18. The fourth-order valence-electron chi connectivity index (χ4n) is 1.78. The van der Waals surface area contributed by atoms with Gasteiger partial charge in [0.05, 0.1) is 6.42 Å². The minimum absolute atomic E-state index is 0.178. The summed E-state index contributed by atoms with van der Waals surface area (Å²) in [5.41, 5.74) is -0.447. The number of nitrogens with zero attached hydrogens (tertiary/aromatic N) is 1. The molecule has 1 aliphatic rings. The maximum absolute atomic E-state index is 11.5. The van der Waals surface area contributed by atoms with Crippen LogP contribution in [0, 0.1) is 5.92 Å². The average molecular weight is 248 g/mol. The third kappa shape index (κ3) is 4.39. The van der Waals surface area contributed by atoms with Gasteiger partial charge in [-0.3, -0.25) is 9.59 Å².